The molecule has 6 nitrogen and oxygen atoms in total. The summed E-state index contributed by atoms with van der Waals surface area (Å²) in [7, 11) is -3.80. The molecule has 1 heterocycles. The molecule has 1 amide bonds. The van der Waals surface area contributed by atoms with Crippen LogP contribution in [0.2, 0.25) is 0 Å². The third kappa shape index (κ3) is 4.04. The molecule has 2 aromatic carbocycles. The van der Waals surface area contributed by atoms with Crippen molar-refractivity contribution in [1.29, 1.82) is 0 Å². The van der Waals surface area contributed by atoms with Crippen LogP contribution in [0.5, 0.6) is 0 Å². The van der Waals surface area contributed by atoms with Gasteiger partial charge in [0.05, 0.1) is 10.5 Å². The van der Waals surface area contributed by atoms with Crippen molar-refractivity contribution in [2.45, 2.75) is 4.90 Å². The van der Waals surface area contributed by atoms with E-state index in [0.717, 1.165) is 0 Å². The number of carbonyl (C=O) groups is 1. The molecule has 0 bridgehead atoms. The van der Waals surface area contributed by atoms with Crippen molar-refractivity contribution < 1.29 is 17.6 Å². The molecule has 0 radical (unpaired) electrons. The summed E-state index contributed by atoms with van der Waals surface area (Å²) in [6.45, 7) is 0. The molecule has 0 saturated heterocycles. The summed E-state index contributed by atoms with van der Waals surface area (Å²) in [5, 5.41) is 2.52. The first-order valence-electron chi connectivity index (χ1n) is 7.55. The van der Waals surface area contributed by atoms with Gasteiger partial charge in [0, 0.05) is 11.9 Å². The van der Waals surface area contributed by atoms with Gasteiger partial charge in [-0.15, -0.1) is 0 Å². The van der Waals surface area contributed by atoms with Gasteiger partial charge in [-0.05, 0) is 48.5 Å². The van der Waals surface area contributed by atoms with E-state index in [0.29, 0.717) is 5.69 Å². The number of sulfonamides is 1. The Bertz CT molecular complexity index is 1020. The topological polar surface area (TPSA) is 88.2 Å². The van der Waals surface area contributed by atoms with Crippen LogP contribution >= 0.6 is 0 Å². The fourth-order valence-corrected chi connectivity index (χ4v) is 3.19. The highest BCUT2D eigenvalue weighted by Gasteiger charge is 2.15. The van der Waals surface area contributed by atoms with Crippen LogP contribution in [0.3, 0.4) is 0 Å². The molecular weight excluding hydrogens is 357 g/mol. The Balaban J connectivity index is 1.74. The van der Waals surface area contributed by atoms with Gasteiger partial charge in [-0.3, -0.25) is 9.52 Å². The number of nitrogens with one attached hydrogen (secondary N) is 2. The van der Waals surface area contributed by atoms with Crippen molar-refractivity contribution in [1.82, 2.24) is 4.98 Å². The van der Waals surface area contributed by atoms with E-state index in [1.54, 1.807) is 18.2 Å². The van der Waals surface area contributed by atoms with Crippen molar-refractivity contribution in [3.05, 3.63) is 84.3 Å². The fraction of sp³-hybridized carbons (Fsp3) is 0. The minimum Gasteiger partial charge on any atom is -0.322 e. The lowest BCUT2D eigenvalue weighted by Gasteiger charge is -2.09. The van der Waals surface area contributed by atoms with Gasteiger partial charge in [0.15, 0.2) is 0 Å². The van der Waals surface area contributed by atoms with Crippen LogP contribution in [0.25, 0.3) is 0 Å². The molecule has 26 heavy (non-hydrogen) atoms. The summed E-state index contributed by atoms with van der Waals surface area (Å²) in [6.07, 6.45) is 1.47. The lowest BCUT2D eigenvalue weighted by molar-refractivity contribution is 0.102. The SMILES string of the molecule is O=C(Nc1ccc(S(=O)(=O)Nc2ccccn2)cc1)c1ccccc1F. The first kappa shape index (κ1) is 17.6. The molecule has 3 aromatic rings. The molecular formula is C18H14FN3O3S. The van der Waals surface area contributed by atoms with E-state index in [1.165, 1.54) is 54.7 Å². The number of hydrogen-bond acceptors (Lipinski definition) is 4. The smallest absolute Gasteiger partial charge is 0.263 e. The Hall–Kier alpha value is -3.26. The lowest BCUT2D eigenvalue weighted by atomic mass is 10.2. The molecule has 0 atom stereocenters. The van der Waals surface area contributed by atoms with Crippen LogP contribution in [-0.4, -0.2) is 19.3 Å². The molecule has 8 heteroatoms. The van der Waals surface area contributed by atoms with Gasteiger partial charge >= 0.3 is 0 Å². The molecule has 0 fully saturated rings. The van der Waals surface area contributed by atoms with Crippen molar-refractivity contribution in [3.63, 3.8) is 0 Å². The number of rotatable bonds is 5. The monoisotopic (exact) mass is 371 g/mol. The van der Waals surface area contributed by atoms with Crippen molar-refractivity contribution in [3.8, 4) is 0 Å². The summed E-state index contributed by atoms with van der Waals surface area (Å²) < 4.78 is 40.6. The average molecular weight is 371 g/mol. The van der Waals surface area contributed by atoms with E-state index in [2.05, 4.69) is 15.0 Å². The van der Waals surface area contributed by atoms with Crippen LogP contribution in [0.1, 0.15) is 10.4 Å². The van der Waals surface area contributed by atoms with E-state index >= 15 is 0 Å². The molecule has 3 rings (SSSR count). The zero-order chi connectivity index (χ0) is 18.6. The number of aromatic nitrogens is 1. The minimum absolute atomic E-state index is 0.00652. The Morgan fingerprint density at radius 2 is 1.62 bits per heavy atom. The van der Waals surface area contributed by atoms with Gasteiger partial charge in [-0.25, -0.2) is 17.8 Å². The molecule has 0 saturated carbocycles. The summed E-state index contributed by atoms with van der Waals surface area (Å²) >= 11 is 0. The third-order valence-corrected chi connectivity index (χ3v) is 4.82. The summed E-state index contributed by atoms with van der Waals surface area (Å²) in [4.78, 5) is 16.0. The predicted molar refractivity (Wildman–Crippen MR) is 95.8 cm³/mol. The predicted octanol–water partition coefficient (Wildman–Crippen LogP) is 3.27. The fourth-order valence-electron chi connectivity index (χ4n) is 2.18. The highest BCUT2D eigenvalue weighted by atomic mass is 32.2. The van der Waals surface area contributed by atoms with Gasteiger partial charge in [0.1, 0.15) is 11.6 Å². The largest absolute Gasteiger partial charge is 0.322 e. The number of pyridine rings is 1. The van der Waals surface area contributed by atoms with Crippen molar-refractivity contribution in [2.24, 2.45) is 0 Å². The van der Waals surface area contributed by atoms with Gasteiger partial charge < -0.3 is 5.32 Å². The molecule has 2 N–H and O–H groups in total. The van der Waals surface area contributed by atoms with Gasteiger partial charge in [0.25, 0.3) is 15.9 Å². The molecule has 0 aliphatic rings. The molecule has 1 aromatic heterocycles. The Kier molecular flexibility index (Phi) is 4.94. The number of benzene rings is 2. The van der Waals surface area contributed by atoms with Crippen LogP contribution in [0.15, 0.2) is 77.8 Å². The molecule has 0 spiro atoms. The number of amides is 1. The van der Waals surface area contributed by atoms with Crippen LogP contribution < -0.4 is 10.0 Å². The first-order chi connectivity index (χ1) is 12.5. The standard InChI is InChI=1S/C18H14FN3O3S/c19-16-6-2-1-5-15(16)18(23)21-13-8-10-14(11-9-13)26(24,25)22-17-7-3-4-12-20-17/h1-12H,(H,20,22)(H,21,23). The number of hydrogen-bond donors (Lipinski definition) is 2. The van der Waals surface area contributed by atoms with Gasteiger partial charge in [-0.1, -0.05) is 18.2 Å². The maximum absolute atomic E-state index is 13.6. The Morgan fingerprint density at radius 1 is 0.923 bits per heavy atom. The van der Waals surface area contributed by atoms with E-state index in [9.17, 15) is 17.6 Å². The number of nitrogens with zero attached hydrogens (tertiary/aromatic N) is 1. The quantitative estimate of drug-likeness (QED) is 0.720. The van der Waals surface area contributed by atoms with E-state index in [4.69, 9.17) is 0 Å². The molecule has 0 aliphatic carbocycles. The summed E-state index contributed by atoms with van der Waals surface area (Å²) in [6, 6.07) is 16.0. The van der Waals surface area contributed by atoms with E-state index in [-0.39, 0.29) is 16.3 Å². The van der Waals surface area contributed by atoms with E-state index < -0.39 is 21.7 Å². The molecule has 0 aliphatic heterocycles. The zero-order valence-corrected chi connectivity index (χ0v) is 14.2. The average Bonchev–Trinajstić information content (AvgIpc) is 2.63. The normalized spacial score (nSPS) is 11.0. The highest BCUT2D eigenvalue weighted by molar-refractivity contribution is 7.92. The van der Waals surface area contributed by atoms with Crippen molar-refractivity contribution >= 4 is 27.4 Å². The lowest BCUT2D eigenvalue weighted by Crippen LogP contribution is -2.15. The zero-order valence-electron chi connectivity index (χ0n) is 13.4. The molecule has 0 unspecified atom stereocenters. The third-order valence-electron chi connectivity index (χ3n) is 3.44. The first-order valence-corrected chi connectivity index (χ1v) is 9.04. The number of halogens is 1. The second kappa shape index (κ2) is 7.32. The second-order valence-corrected chi connectivity index (χ2v) is 6.96. The van der Waals surface area contributed by atoms with Gasteiger partial charge in [0.2, 0.25) is 0 Å². The van der Waals surface area contributed by atoms with Crippen LogP contribution in [-0.2, 0) is 10.0 Å². The summed E-state index contributed by atoms with van der Waals surface area (Å²) in [5.41, 5.74) is 0.246. The minimum atomic E-state index is -3.80. The Morgan fingerprint density at radius 3 is 2.27 bits per heavy atom. The number of anilines is 2. The maximum Gasteiger partial charge on any atom is 0.263 e. The second-order valence-electron chi connectivity index (χ2n) is 5.28. The van der Waals surface area contributed by atoms with Crippen LogP contribution in [0.4, 0.5) is 15.9 Å². The highest BCUT2D eigenvalue weighted by Crippen LogP contribution is 2.18. The summed E-state index contributed by atoms with van der Waals surface area (Å²) in [5.74, 6) is -1.06. The van der Waals surface area contributed by atoms with Gasteiger partial charge in [-0.2, -0.15) is 0 Å². The molecule has 132 valence electrons. The Labute approximate surface area is 149 Å². The van der Waals surface area contributed by atoms with Crippen molar-refractivity contribution in [2.75, 3.05) is 10.0 Å². The van der Waals surface area contributed by atoms with Crippen LogP contribution in [0, 0.1) is 5.82 Å². The maximum atomic E-state index is 13.6. The van der Waals surface area contributed by atoms with E-state index in [1.807, 2.05) is 0 Å². The number of carbonyl (C=O) groups excluding carboxylic acids is 1.